The van der Waals surface area contributed by atoms with E-state index in [9.17, 15) is 4.79 Å². The van der Waals surface area contributed by atoms with Gasteiger partial charge in [-0.25, -0.2) is 0 Å². The summed E-state index contributed by atoms with van der Waals surface area (Å²) in [4.78, 5) is 24.4. The second-order valence-corrected chi connectivity index (χ2v) is 8.64. The van der Waals surface area contributed by atoms with Crippen LogP contribution in [0.4, 0.5) is 0 Å². The number of guanidine groups is 1. The largest absolute Gasteiger partial charge is 0.468 e. The topological polar surface area (TPSA) is 73.6 Å². The van der Waals surface area contributed by atoms with E-state index in [1.54, 1.807) is 6.26 Å². The lowest BCUT2D eigenvalue weighted by molar-refractivity contribution is -0.142. The van der Waals surface area contributed by atoms with Crippen LogP contribution in [-0.4, -0.2) is 91.6 Å². The van der Waals surface area contributed by atoms with Crippen molar-refractivity contribution in [1.82, 2.24) is 20.0 Å². The Labute approximate surface area is 208 Å². The van der Waals surface area contributed by atoms with Crippen LogP contribution in [0, 0.1) is 0 Å². The van der Waals surface area contributed by atoms with Gasteiger partial charge in [-0.15, -0.1) is 24.0 Å². The minimum absolute atomic E-state index is 0. The van der Waals surface area contributed by atoms with Gasteiger partial charge in [0.05, 0.1) is 18.8 Å². The molecule has 1 aromatic heterocycles. The fraction of sp³-hybridized carbons (Fsp3) is 0.739. The molecule has 2 atom stereocenters. The predicted molar refractivity (Wildman–Crippen MR) is 135 cm³/mol. The fourth-order valence-electron chi connectivity index (χ4n) is 4.81. The summed E-state index contributed by atoms with van der Waals surface area (Å²) in [6.07, 6.45) is 7.15. The van der Waals surface area contributed by atoms with Crippen LogP contribution < -0.4 is 5.32 Å². The molecule has 0 saturated carbocycles. The van der Waals surface area contributed by atoms with Crippen LogP contribution in [0.15, 0.2) is 27.8 Å². The first-order chi connectivity index (χ1) is 15.3. The summed E-state index contributed by atoms with van der Waals surface area (Å²) < 4.78 is 11.4. The van der Waals surface area contributed by atoms with E-state index in [4.69, 9.17) is 14.1 Å². The summed E-state index contributed by atoms with van der Waals surface area (Å²) >= 11 is 0. The van der Waals surface area contributed by atoms with Crippen molar-refractivity contribution in [3.05, 3.63) is 24.2 Å². The SMILES string of the molecule is CCNC(=NCC(c1ccco1)N1CCCCC1)N1CCN(C(=O)C2CCCO2)CC1.I. The Morgan fingerprint density at radius 2 is 1.88 bits per heavy atom. The van der Waals surface area contributed by atoms with Crippen molar-refractivity contribution in [2.75, 3.05) is 59.0 Å². The number of carbonyl (C=O) groups is 1. The number of furan rings is 1. The van der Waals surface area contributed by atoms with Crippen molar-refractivity contribution in [3.63, 3.8) is 0 Å². The Kier molecular flexibility index (Phi) is 10.1. The molecule has 4 rings (SSSR count). The summed E-state index contributed by atoms with van der Waals surface area (Å²) in [5.41, 5.74) is 0. The second-order valence-electron chi connectivity index (χ2n) is 8.64. The number of piperazine rings is 1. The monoisotopic (exact) mass is 559 g/mol. The van der Waals surface area contributed by atoms with Crippen molar-refractivity contribution in [1.29, 1.82) is 0 Å². The van der Waals surface area contributed by atoms with Crippen LogP contribution in [0.3, 0.4) is 0 Å². The molecule has 1 aromatic rings. The number of aliphatic imine (C=N–C) groups is 1. The summed E-state index contributed by atoms with van der Waals surface area (Å²) in [5.74, 6) is 2.08. The summed E-state index contributed by atoms with van der Waals surface area (Å²) in [5, 5.41) is 3.45. The summed E-state index contributed by atoms with van der Waals surface area (Å²) in [6.45, 7) is 9.52. The molecule has 9 heteroatoms. The fourth-order valence-corrected chi connectivity index (χ4v) is 4.81. The third kappa shape index (κ3) is 6.38. The molecule has 8 nitrogen and oxygen atoms in total. The minimum atomic E-state index is -0.230. The van der Waals surface area contributed by atoms with E-state index in [-0.39, 0.29) is 42.0 Å². The Balaban J connectivity index is 0.00000289. The van der Waals surface area contributed by atoms with E-state index >= 15 is 0 Å². The highest BCUT2D eigenvalue weighted by Gasteiger charge is 2.31. The number of hydrogen-bond donors (Lipinski definition) is 1. The van der Waals surface area contributed by atoms with Gasteiger partial charge in [-0.2, -0.15) is 0 Å². The van der Waals surface area contributed by atoms with E-state index in [0.29, 0.717) is 13.2 Å². The van der Waals surface area contributed by atoms with E-state index in [1.807, 2.05) is 11.0 Å². The lowest BCUT2D eigenvalue weighted by Crippen LogP contribution is -2.55. The molecule has 0 aromatic carbocycles. The molecule has 180 valence electrons. The van der Waals surface area contributed by atoms with Gasteiger partial charge < -0.3 is 24.3 Å². The average Bonchev–Trinajstić information content (AvgIpc) is 3.54. The van der Waals surface area contributed by atoms with Crippen LogP contribution in [0.5, 0.6) is 0 Å². The maximum absolute atomic E-state index is 12.6. The molecule has 0 aliphatic carbocycles. The van der Waals surface area contributed by atoms with Gasteiger partial charge in [-0.3, -0.25) is 14.7 Å². The van der Waals surface area contributed by atoms with Crippen LogP contribution in [-0.2, 0) is 9.53 Å². The molecule has 0 spiro atoms. The van der Waals surface area contributed by atoms with Gasteiger partial charge in [0.1, 0.15) is 11.9 Å². The normalized spacial score (nSPS) is 23.7. The third-order valence-corrected chi connectivity index (χ3v) is 6.55. The van der Waals surface area contributed by atoms with Crippen LogP contribution in [0.2, 0.25) is 0 Å². The average molecular weight is 559 g/mol. The molecule has 1 N–H and O–H groups in total. The second kappa shape index (κ2) is 12.8. The molecule has 3 saturated heterocycles. The van der Waals surface area contributed by atoms with E-state index < -0.39 is 0 Å². The standard InChI is InChI=1S/C23H37N5O3.HI/c1-2-24-23(28-14-12-27(13-15-28)22(29)21-9-7-17-31-21)25-18-19(20-8-6-16-30-20)26-10-4-3-5-11-26;/h6,8,16,19,21H,2-5,7,9-15,17-18H2,1H3,(H,24,25);1H. The molecule has 0 bridgehead atoms. The number of ether oxygens (including phenoxy) is 1. The molecule has 1 amide bonds. The molecule has 2 unspecified atom stereocenters. The van der Waals surface area contributed by atoms with Crippen LogP contribution in [0.25, 0.3) is 0 Å². The van der Waals surface area contributed by atoms with E-state index in [0.717, 1.165) is 70.4 Å². The number of hydrogen-bond acceptors (Lipinski definition) is 5. The zero-order chi connectivity index (χ0) is 21.5. The van der Waals surface area contributed by atoms with Crippen molar-refractivity contribution in [3.8, 4) is 0 Å². The first kappa shape index (κ1) is 25.3. The molecule has 32 heavy (non-hydrogen) atoms. The molecular formula is C23H38IN5O3. The molecular weight excluding hydrogens is 521 g/mol. The number of halogens is 1. The maximum Gasteiger partial charge on any atom is 0.251 e. The Bertz CT molecular complexity index is 709. The molecule has 3 aliphatic heterocycles. The number of amides is 1. The zero-order valence-electron chi connectivity index (χ0n) is 19.2. The maximum atomic E-state index is 12.6. The lowest BCUT2D eigenvalue weighted by atomic mass is 10.1. The third-order valence-electron chi connectivity index (χ3n) is 6.55. The number of nitrogens with zero attached hydrogens (tertiary/aromatic N) is 4. The van der Waals surface area contributed by atoms with Crippen molar-refractivity contribution >= 4 is 35.8 Å². The number of rotatable bonds is 6. The smallest absolute Gasteiger partial charge is 0.251 e. The number of nitrogens with one attached hydrogen (secondary N) is 1. The lowest BCUT2D eigenvalue weighted by Gasteiger charge is -2.38. The van der Waals surface area contributed by atoms with Gasteiger partial charge in [0.15, 0.2) is 5.96 Å². The van der Waals surface area contributed by atoms with Gasteiger partial charge in [-0.1, -0.05) is 6.42 Å². The van der Waals surface area contributed by atoms with Crippen LogP contribution in [0.1, 0.15) is 50.8 Å². The van der Waals surface area contributed by atoms with Crippen LogP contribution >= 0.6 is 24.0 Å². The summed E-state index contributed by atoms with van der Waals surface area (Å²) in [6, 6.07) is 4.20. The highest BCUT2D eigenvalue weighted by atomic mass is 127. The Hall–Kier alpha value is -1.33. The quantitative estimate of drug-likeness (QED) is 0.329. The van der Waals surface area contributed by atoms with Gasteiger partial charge in [0, 0.05) is 39.3 Å². The van der Waals surface area contributed by atoms with E-state index in [1.165, 1.54) is 19.3 Å². The van der Waals surface area contributed by atoms with Crippen molar-refractivity contribution < 1.29 is 13.9 Å². The molecule has 4 heterocycles. The van der Waals surface area contributed by atoms with Crippen molar-refractivity contribution in [2.45, 2.75) is 51.2 Å². The van der Waals surface area contributed by atoms with Crippen molar-refractivity contribution in [2.24, 2.45) is 4.99 Å². The van der Waals surface area contributed by atoms with Gasteiger partial charge >= 0.3 is 0 Å². The Morgan fingerprint density at radius 3 is 2.50 bits per heavy atom. The summed E-state index contributed by atoms with van der Waals surface area (Å²) in [7, 11) is 0. The first-order valence-corrected chi connectivity index (χ1v) is 12.0. The predicted octanol–water partition coefficient (Wildman–Crippen LogP) is 2.71. The number of likely N-dealkylation sites (tertiary alicyclic amines) is 1. The highest BCUT2D eigenvalue weighted by Crippen LogP contribution is 2.25. The molecule has 3 aliphatic rings. The molecule has 3 fully saturated rings. The van der Waals surface area contributed by atoms with Gasteiger partial charge in [0.25, 0.3) is 5.91 Å². The Morgan fingerprint density at radius 1 is 1.12 bits per heavy atom. The van der Waals surface area contributed by atoms with Gasteiger partial charge in [0.2, 0.25) is 0 Å². The first-order valence-electron chi connectivity index (χ1n) is 12.0. The highest BCUT2D eigenvalue weighted by molar-refractivity contribution is 14.0. The molecule has 0 radical (unpaired) electrons. The zero-order valence-corrected chi connectivity index (χ0v) is 21.5. The minimum Gasteiger partial charge on any atom is -0.468 e. The van der Waals surface area contributed by atoms with E-state index in [2.05, 4.69) is 28.1 Å². The number of piperidine rings is 1. The number of carbonyl (C=O) groups excluding carboxylic acids is 1. The van der Waals surface area contributed by atoms with Gasteiger partial charge in [-0.05, 0) is 57.8 Å².